The molecular formula is C24H26N4O2S. The maximum absolute atomic E-state index is 5.91. The summed E-state index contributed by atoms with van der Waals surface area (Å²) in [6, 6.07) is 18.2. The van der Waals surface area contributed by atoms with Crippen LogP contribution in [0.25, 0.3) is 0 Å². The zero-order valence-electron chi connectivity index (χ0n) is 17.5. The molecule has 5 rings (SSSR count). The van der Waals surface area contributed by atoms with E-state index in [1.54, 1.807) is 7.11 Å². The number of thiocarbonyl (C=S) groups is 1. The Balaban J connectivity index is 1.56. The Morgan fingerprint density at radius 2 is 2.03 bits per heavy atom. The molecule has 1 aromatic carbocycles. The van der Waals surface area contributed by atoms with Crippen LogP contribution < -0.4 is 15.0 Å². The first-order valence-corrected chi connectivity index (χ1v) is 11.1. The zero-order valence-corrected chi connectivity index (χ0v) is 18.3. The number of nitrogens with one attached hydrogen (secondary N) is 1. The topological polar surface area (TPSA) is 51.5 Å². The fourth-order valence-corrected chi connectivity index (χ4v) is 4.89. The molecule has 4 heterocycles. The van der Waals surface area contributed by atoms with Crippen LogP contribution in [0.15, 0.2) is 67.0 Å². The van der Waals surface area contributed by atoms with Gasteiger partial charge in [0, 0.05) is 36.9 Å². The highest BCUT2D eigenvalue weighted by Gasteiger charge is 2.42. The van der Waals surface area contributed by atoms with E-state index in [9.17, 15) is 0 Å². The second-order valence-corrected chi connectivity index (χ2v) is 8.30. The summed E-state index contributed by atoms with van der Waals surface area (Å²) in [6.07, 6.45) is 6.46. The summed E-state index contributed by atoms with van der Waals surface area (Å²) in [5.41, 5.74) is 3.18. The van der Waals surface area contributed by atoms with Gasteiger partial charge in [0.25, 0.3) is 0 Å². The van der Waals surface area contributed by atoms with Gasteiger partial charge in [-0.05, 0) is 73.6 Å². The van der Waals surface area contributed by atoms with Crippen LogP contribution in [-0.2, 0) is 11.3 Å². The molecule has 0 spiro atoms. The van der Waals surface area contributed by atoms with E-state index in [1.807, 2.05) is 42.6 Å². The Morgan fingerprint density at radius 1 is 1.16 bits per heavy atom. The van der Waals surface area contributed by atoms with E-state index in [1.165, 1.54) is 5.69 Å². The van der Waals surface area contributed by atoms with Crippen LogP contribution in [-0.4, -0.2) is 34.5 Å². The average molecular weight is 435 g/mol. The normalized spacial score (nSPS) is 23.2. The molecule has 0 radical (unpaired) electrons. The molecule has 0 amide bonds. The van der Waals surface area contributed by atoms with Crippen LogP contribution in [0.3, 0.4) is 0 Å². The lowest BCUT2D eigenvalue weighted by atomic mass is 10.0. The van der Waals surface area contributed by atoms with Gasteiger partial charge in [-0.15, -0.1) is 0 Å². The Labute approximate surface area is 187 Å². The van der Waals surface area contributed by atoms with Crippen LogP contribution in [0.2, 0.25) is 0 Å². The Morgan fingerprint density at radius 3 is 2.74 bits per heavy atom. The lowest BCUT2D eigenvalue weighted by Crippen LogP contribution is -2.31. The van der Waals surface area contributed by atoms with Crippen LogP contribution >= 0.6 is 12.2 Å². The number of rotatable bonds is 6. The first-order valence-electron chi connectivity index (χ1n) is 10.7. The van der Waals surface area contributed by atoms with E-state index in [0.717, 1.165) is 43.1 Å². The molecule has 2 fully saturated rings. The molecule has 31 heavy (non-hydrogen) atoms. The maximum Gasteiger partial charge on any atom is 0.174 e. The summed E-state index contributed by atoms with van der Waals surface area (Å²) < 4.78 is 13.6. The fourth-order valence-electron chi connectivity index (χ4n) is 4.55. The van der Waals surface area contributed by atoms with Crippen LogP contribution in [0.1, 0.15) is 36.3 Å². The number of ether oxygens (including phenoxy) is 2. The number of benzene rings is 1. The number of aromatic nitrogens is 2. The molecule has 7 heteroatoms. The van der Waals surface area contributed by atoms with Crippen molar-refractivity contribution in [2.45, 2.75) is 37.6 Å². The molecule has 0 saturated carbocycles. The molecule has 6 nitrogen and oxygen atoms in total. The van der Waals surface area contributed by atoms with Gasteiger partial charge in [0.05, 0.1) is 24.9 Å². The van der Waals surface area contributed by atoms with Crippen molar-refractivity contribution in [1.82, 2.24) is 14.9 Å². The molecular weight excluding hydrogens is 408 g/mol. The largest absolute Gasteiger partial charge is 0.497 e. The van der Waals surface area contributed by atoms with Crippen molar-refractivity contribution in [2.24, 2.45) is 0 Å². The maximum atomic E-state index is 5.91. The number of pyridine rings is 1. The average Bonchev–Trinajstić information content (AvgIpc) is 3.55. The van der Waals surface area contributed by atoms with Gasteiger partial charge in [-0.3, -0.25) is 4.98 Å². The lowest BCUT2D eigenvalue weighted by Gasteiger charge is -2.29. The zero-order chi connectivity index (χ0) is 21.2. The first-order chi connectivity index (χ1) is 15.2. The third kappa shape index (κ3) is 3.91. The summed E-state index contributed by atoms with van der Waals surface area (Å²) in [5.74, 6) is 0.821. The second kappa shape index (κ2) is 8.69. The van der Waals surface area contributed by atoms with Crippen molar-refractivity contribution in [3.63, 3.8) is 0 Å². The van der Waals surface area contributed by atoms with Crippen molar-refractivity contribution in [2.75, 3.05) is 18.6 Å². The van der Waals surface area contributed by atoms with Gasteiger partial charge in [-0.2, -0.15) is 0 Å². The van der Waals surface area contributed by atoms with Gasteiger partial charge < -0.3 is 24.3 Å². The van der Waals surface area contributed by atoms with Gasteiger partial charge >= 0.3 is 0 Å². The molecule has 3 aromatic rings. The van der Waals surface area contributed by atoms with Crippen molar-refractivity contribution in [3.8, 4) is 5.75 Å². The van der Waals surface area contributed by atoms with Gasteiger partial charge in [0.2, 0.25) is 0 Å². The molecule has 2 aromatic heterocycles. The molecule has 0 bridgehead atoms. The monoisotopic (exact) mass is 434 g/mol. The number of methoxy groups -OCH3 is 1. The molecule has 2 aliphatic heterocycles. The predicted octanol–water partition coefficient (Wildman–Crippen LogP) is 4.25. The third-order valence-electron chi connectivity index (χ3n) is 6.04. The van der Waals surface area contributed by atoms with Crippen LogP contribution in [0.4, 0.5) is 5.69 Å². The van der Waals surface area contributed by atoms with E-state index in [0.29, 0.717) is 5.11 Å². The highest BCUT2D eigenvalue weighted by atomic mass is 32.1. The summed E-state index contributed by atoms with van der Waals surface area (Å²) in [7, 11) is 1.68. The Hall–Kier alpha value is -2.90. The molecule has 2 aliphatic rings. The van der Waals surface area contributed by atoms with Crippen LogP contribution in [0.5, 0.6) is 5.75 Å². The summed E-state index contributed by atoms with van der Waals surface area (Å²) in [5, 5.41) is 4.22. The van der Waals surface area contributed by atoms with Gasteiger partial charge in [-0.1, -0.05) is 6.07 Å². The van der Waals surface area contributed by atoms with Gasteiger partial charge in [0.1, 0.15) is 11.8 Å². The van der Waals surface area contributed by atoms with Gasteiger partial charge in [0.15, 0.2) is 5.11 Å². The Bertz CT molecular complexity index is 1030. The summed E-state index contributed by atoms with van der Waals surface area (Å²) in [4.78, 5) is 6.83. The number of hydrogen-bond acceptors (Lipinski definition) is 4. The highest BCUT2D eigenvalue weighted by molar-refractivity contribution is 7.80. The van der Waals surface area contributed by atoms with E-state index >= 15 is 0 Å². The smallest absolute Gasteiger partial charge is 0.174 e. The third-order valence-corrected chi connectivity index (χ3v) is 6.36. The van der Waals surface area contributed by atoms with Crippen molar-refractivity contribution < 1.29 is 9.47 Å². The van der Waals surface area contributed by atoms with E-state index in [2.05, 4.69) is 44.2 Å². The minimum Gasteiger partial charge on any atom is -0.497 e. The molecule has 3 atom stereocenters. The lowest BCUT2D eigenvalue weighted by molar-refractivity contribution is 0.0961. The van der Waals surface area contributed by atoms with E-state index in [-0.39, 0.29) is 18.2 Å². The molecule has 160 valence electrons. The van der Waals surface area contributed by atoms with Crippen LogP contribution in [0, 0.1) is 0 Å². The van der Waals surface area contributed by atoms with Crippen molar-refractivity contribution >= 4 is 23.0 Å². The summed E-state index contributed by atoms with van der Waals surface area (Å²) in [6.45, 7) is 1.70. The standard InChI is InChI=1S/C24H26N4O2S/c1-29-18-11-9-17(10-12-18)28-23(22(26-24(28)31)20-7-2-3-13-25-20)21-8-4-14-27(21)16-19-6-5-15-30-19/h2-4,7-14,19,22-23H,5-6,15-16H2,1H3,(H,26,31). The molecule has 3 unspecified atom stereocenters. The quantitative estimate of drug-likeness (QED) is 0.586. The van der Waals surface area contributed by atoms with E-state index in [4.69, 9.17) is 21.7 Å². The number of hydrogen-bond donors (Lipinski definition) is 1. The number of anilines is 1. The minimum absolute atomic E-state index is 0.0350. The minimum atomic E-state index is -0.0612. The van der Waals surface area contributed by atoms with Crippen molar-refractivity contribution in [3.05, 3.63) is 78.4 Å². The SMILES string of the molecule is COc1ccc(N2C(=S)NC(c3ccccn3)C2c2cccn2CC2CCCO2)cc1. The molecule has 0 aliphatic carbocycles. The van der Waals surface area contributed by atoms with E-state index < -0.39 is 0 Å². The second-order valence-electron chi connectivity index (χ2n) is 7.92. The summed E-state index contributed by atoms with van der Waals surface area (Å²) >= 11 is 5.82. The first kappa shape index (κ1) is 20.0. The van der Waals surface area contributed by atoms with Crippen molar-refractivity contribution in [1.29, 1.82) is 0 Å². The molecule has 1 N–H and O–H groups in total. The fraction of sp³-hybridized carbons (Fsp3) is 0.333. The Kier molecular flexibility index (Phi) is 5.61. The van der Waals surface area contributed by atoms with Gasteiger partial charge in [-0.25, -0.2) is 0 Å². The molecule has 2 saturated heterocycles. The predicted molar refractivity (Wildman–Crippen MR) is 124 cm³/mol. The number of nitrogens with zero attached hydrogens (tertiary/aromatic N) is 3. The highest BCUT2D eigenvalue weighted by Crippen LogP contribution is 2.42.